The van der Waals surface area contributed by atoms with Crippen LogP contribution in [0.5, 0.6) is 5.75 Å². The SMILES string of the molecule is Cc1c(C2CC(=O)Nc3cc(OC4CCCC4)ccc32)cnn1C.O=CO. The van der Waals surface area contributed by atoms with Gasteiger partial charge in [-0.25, -0.2) is 0 Å². The molecule has 2 N–H and O–H groups in total. The molecule has 0 saturated heterocycles. The minimum Gasteiger partial charge on any atom is -0.490 e. The molecule has 1 unspecified atom stereocenters. The number of aryl methyl sites for hydroxylation is 1. The molecule has 2 aliphatic rings. The summed E-state index contributed by atoms with van der Waals surface area (Å²) in [6, 6.07) is 6.10. The zero-order chi connectivity index (χ0) is 19.4. The molecule has 144 valence electrons. The van der Waals surface area contributed by atoms with E-state index in [0.29, 0.717) is 12.5 Å². The average molecular weight is 371 g/mol. The van der Waals surface area contributed by atoms with Crippen molar-refractivity contribution in [1.82, 2.24) is 9.78 Å². The molecule has 0 radical (unpaired) electrons. The van der Waals surface area contributed by atoms with Gasteiger partial charge in [-0.15, -0.1) is 0 Å². The monoisotopic (exact) mass is 371 g/mol. The number of carbonyl (C=O) groups excluding carboxylic acids is 1. The van der Waals surface area contributed by atoms with Crippen molar-refractivity contribution in [2.45, 2.75) is 51.0 Å². The minimum absolute atomic E-state index is 0.0498. The number of benzene rings is 1. The first kappa shape index (κ1) is 18.9. The van der Waals surface area contributed by atoms with Crippen LogP contribution in [0.1, 0.15) is 54.8 Å². The van der Waals surface area contributed by atoms with Crippen LogP contribution in [-0.4, -0.2) is 33.4 Å². The molecule has 1 aliphatic carbocycles. The molecule has 1 amide bonds. The number of fused-ring (bicyclic) bond motifs is 1. The van der Waals surface area contributed by atoms with Gasteiger partial charge >= 0.3 is 0 Å². The summed E-state index contributed by atoms with van der Waals surface area (Å²) in [6.45, 7) is 1.80. The topological polar surface area (TPSA) is 93.5 Å². The Kier molecular flexibility index (Phi) is 5.78. The molecular formula is C20H25N3O4. The Morgan fingerprint density at radius 3 is 2.63 bits per heavy atom. The smallest absolute Gasteiger partial charge is 0.290 e. The van der Waals surface area contributed by atoms with E-state index < -0.39 is 0 Å². The van der Waals surface area contributed by atoms with E-state index in [0.717, 1.165) is 41.1 Å². The Bertz CT molecular complexity index is 825. The largest absolute Gasteiger partial charge is 0.490 e. The van der Waals surface area contributed by atoms with Gasteiger partial charge in [0.15, 0.2) is 0 Å². The summed E-state index contributed by atoms with van der Waals surface area (Å²) in [5.41, 5.74) is 4.24. The van der Waals surface area contributed by atoms with Crippen molar-refractivity contribution in [2.75, 3.05) is 5.32 Å². The van der Waals surface area contributed by atoms with Gasteiger partial charge in [-0.3, -0.25) is 14.3 Å². The number of carboxylic acid groups (broad SMARTS) is 1. The highest BCUT2D eigenvalue weighted by Crippen LogP contribution is 2.40. The molecule has 7 nitrogen and oxygen atoms in total. The first-order valence-electron chi connectivity index (χ1n) is 9.20. The highest BCUT2D eigenvalue weighted by Gasteiger charge is 2.29. The molecule has 2 aromatic rings. The summed E-state index contributed by atoms with van der Waals surface area (Å²) in [4.78, 5) is 20.6. The van der Waals surface area contributed by atoms with Crippen LogP contribution in [0, 0.1) is 6.92 Å². The fourth-order valence-electron chi connectivity index (χ4n) is 3.85. The first-order valence-corrected chi connectivity index (χ1v) is 9.20. The number of amides is 1. The highest BCUT2D eigenvalue weighted by molar-refractivity contribution is 5.95. The summed E-state index contributed by atoms with van der Waals surface area (Å²) < 4.78 is 7.94. The molecule has 27 heavy (non-hydrogen) atoms. The van der Waals surface area contributed by atoms with Crippen molar-refractivity contribution in [2.24, 2.45) is 7.05 Å². The molecule has 1 fully saturated rings. The third kappa shape index (κ3) is 4.13. The van der Waals surface area contributed by atoms with Crippen LogP contribution in [0.25, 0.3) is 0 Å². The van der Waals surface area contributed by atoms with E-state index in [2.05, 4.69) is 16.5 Å². The lowest BCUT2D eigenvalue weighted by atomic mass is 9.85. The number of nitrogens with one attached hydrogen (secondary N) is 1. The van der Waals surface area contributed by atoms with E-state index in [4.69, 9.17) is 14.6 Å². The van der Waals surface area contributed by atoms with Gasteiger partial charge in [0.25, 0.3) is 6.47 Å². The van der Waals surface area contributed by atoms with Gasteiger partial charge in [-0.05, 0) is 44.2 Å². The van der Waals surface area contributed by atoms with Crippen molar-refractivity contribution in [1.29, 1.82) is 0 Å². The van der Waals surface area contributed by atoms with Gasteiger partial charge in [0.05, 0.1) is 12.3 Å². The summed E-state index contributed by atoms with van der Waals surface area (Å²) in [5, 5.41) is 14.2. The first-order chi connectivity index (χ1) is 13.0. The van der Waals surface area contributed by atoms with E-state index in [1.165, 1.54) is 12.8 Å². The van der Waals surface area contributed by atoms with Crippen molar-refractivity contribution < 1.29 is 19.4 Å². The highest BCUT2D eigenvalue weighted by atomic mass is 16.5. The second kappa shape index (κ2) is 8.24. The van der Waals surface area contributed by atoms with E-state index in [-0.39, 0.29) is 18.3 Å². The average Bonchev–Trinajstić information content (AvgIpc) is 3.25. The zero-order valence-electron chi connectivity index (χ0n) is 15.6. The van der Waals surface area contributed by atoms with Crippen LogP contribution >= 0.6 is 0 Å². The Labute approximate surface area is 158 Å². The van der Waals surface area contributed by atoms with Gasteiger partial charge in [-0.1, -0.05) is 6.07 Å². The molecule has 4 rings (SSSR count). The predicted octanol–water partition coefficient (Wildman–Crippen LogP) is 3.22. The van der Waals surface area contributed by atoms with Crippen LogP contribution in [0.2, 0.25) is 0 Å². The molecule has 1 aromatic heterocycles. The van der Waals surface area contributed by atoms with Gasteiger partial charge in [0.1, 0.15) is 5.75 Å². The third-order valence-electron chi connectivity index (χ3n) is 5.32. The lowest BCUT2D eigenvalue weighted by molar-refractivity contribution is -0.123. The fraction of sp³-hybridized carbons (Fsp3) is 0.450. The fourth-order valence-corrected chi connectivity index (χ4v) is 3.85. The predicted molar refractivity (Wildman–Crippen MR) is 101 cm³/mol. The number of hydrogen-bond acceptors (Lipinski definition) is 4. The number of nitrogens with zero attached hydrogens (tertiary/aromatic N) is 2. The third-order valence-corrected chi connectivity index (χ3v) is 5.32. The number of carbonyl (C=O) groups is 2. The molecular weight excluding hydrogens is 346 g/mol. The Hall–Kier alpha value is -2.83. The van der Waals surface area contributed by atoms with Crippen molar-refractivity contribution in [3.8, 4) is 5.75 Å². The second-order valence-electron chi connectivity index (χ2n) is 6.99. The maximum absolute atomic E-state index is 12.2. The molecule has 0 bridgehead atoms. The van der Waals surface area contributed by atoms with Crippen LogP contribution in [-0.2, 0) is 16.6 Å². The van der Waals surface area contributed by atoms with E-state index in [1.54, 1.807) is 0 Å². The quantitative estimate of drug-likeness (QED) is 0.808. The molecule has 1 saturated carbocycles. The number of anilines is 1. The molecule has 2 heterocycles. The van der Waals surface area contributed by atoms with Crippen LogP contribution in [0.4, 0.5) is 5.69 Å². The van der Waals surface area contributed by atoms with Crippen LogP contribution in [0.3, 0.4) is 0 Å². The maximum Gasteiger partial charge on any atom is 0.290 e. The van der Waals surface area contributed by atoms with Gasteiger partial charge in [-0.2, -0.15) is 5.10 Å². The van der Waals surface area contributed by atoms with Crippen molar-refractivity contribution >= 4 is 18.1 Å². The lowest BCUT2D eigenvalue weighted by Gasteiger charge is -2.26. The Balaban J connectivity index is 0.000000659. The normalized spacial score (nSPS) is 18.9. The van der Waals surface area contributed by atoms with Crippen LogP contribution < -0.4 is 10.1 Å². The lowest BCUT2D eigenvalue weighted by Crippen LogP contribution is -2.24. The molecule has 7 heteroatoms. The van der Waals surface area contributed by atoms with Gasteiger partial charge < -0.3 is 15.2 Å². The van der Waals surface area contributed by atoms with Gasteiger partial charge in [0, 0.05) is 42.4 Å². The summed E-state index contributed by atoms with van der Waals surface area (Å²) in [6.07, 6.45) is 7.40. The number of aromatic nitrogens is 2. The summed E-state index contributed by atoms with van der Waals surface area (Å²) in [5.74, 6) is 0.959. The molecule has 1 atom stereocenters. The zero-order valence-corrected chi connectivity index (χ0v) is 15.6. The molecule has 1 aliphatic heterocycles. The number of hydrogen-bond donors (Lipinski definition) is 2. The van der Waals surface area contributed by atoms with E-state index >= 15 is 0 Å². The van der Waals surface area contributed by atoms with Gasteiger partial charge in [0.2, 0.25) is 5.91 Å². The van der Waals surface area contributed by atoms with Crippen LogP contribution in [0.15, 0.2) is 24.4 Å². The van der Waals surface area contributed by atoms with E-state index in [1.807, 2.05) is 37.0 Å². The van der Waals surface area contributed by atoms with Crippen molar-refractivity contribution in [3.63, 3.8) is 0 Å². The van der Waals surface area contributed by atoms with Crippen molar-refractivity contribution in [3.05, 3.63) is 41.2 Å². The Morgan fingerprint density at radius 1 is 1.30 bits per heavy atom. The molecule has 1 aromatic carbocycles. The standard InChI is InChI=1S/C19H23N3O2.CH2O2/c1-12-17(11-20-22(12)2)16-10-19(23)21-18-9-14(7-8-15(16)18)24-13-5-3-4-6-13;2-1-3/h7-9,11,13,16H,3-6,10H2,1-2H3,(H,21,23);1H,(H,2,3). The number of rotatable bonds is 3. The summed E-state index contributed by atoms with van der Waals surface area (Å²) in [7, 11) is 1.93. The second-order valence-corrected chi connectivity index (χ2v) is 6.99. The van der Waals surface area contributed by atoms with E-state index in [9.17, 15) is 4.79 Å². The minimum atomic E-state index is -0.250. The maximum atomic E-state index is 12.2. The summed E-state index contributed by atoms with van der Waals surface area (Å²) >= 11 is 0. The Morgan fingerprint density at radius 2 is 2.00 bits per heavy atom. The number of ether oxygens (including phenoxy) is 1. The molecule has 0 spiro atoms.